The van der Waals surface area contributed by atoms with Gasteiger partial charge in [0.25, 0.3) is 0 Å². The second kappa shape index (κ2) is 4.76. The van der Waals surface area contributed by atoms with Crippen LogP contribution in [-0.4, -0.2) is 28.0 Å². The van der Waals surface area contributed by atoms with Gasteiger partial charge in [-0.15, -0.1) is 0 Å². The number of para-hydroxylation sites is 1. The van der Waals surface area contributed by atoms with Gasteiger partial charge in [-0.2, -0.15) is 5.10 Å². The lowest BCUT2D eigenvalue weighted by molar-refractivity contribution is -0.150. The number of phenols is 1. The van der Waals surface area contributed by atoms with Crippen LogP contribution in [0.1, 0.15) is 13.8 Å². The molecule has 0 aliphatic heterocycles. The number of aromatic hydroxyl groups is 1. The van der Waals surface area contributed by atoms with E-state index in [4.69, 9.17) is 4.74 Å². The zero-order valence-electron chi connectivity index (χ0n) is 11.1. The summed E-state index contributed by atoms with van der Waals surface area (Å²) in [5, 5.41) is 14.0. The van der Waals surface area contributed by atoms with Crippen molar-refractivity contribution in [1.29, 1.82) is 0 Å². The van der Waals surface area contributed by atoms with Gasteiger partial charge in [0.2, 0.25) is 0 Å². The molecular formula is C14H16N2O3. The Bertz CT molecular complexity index is 602. The summed E-state index contributed by atoms with van der Waals surface area (Å²) in [6.07, 6.45) is 3.33. The molecule has 0 unspecified atom stereocenters. The van der Waals surface area contributed by atoms with E-state index in [9.17, 15) is 9.90 Å². The zero-order valence-corrected chi connectivity index (χ0v) is 11.1. The SMILES string of the molecule is COC(=O)C(C)(C)n1cc(-c2ccccc2O)cn1. The number of esters is 1. The Morgan fingerprint density at radius 2 is 2.05 bits per heavy atom. The Morgan fingerprint density at radius 1 is 1.37 bits per heavy atom. The fourth-order valence-electron chi connectivity index (χ4n) is 1.83. The predicted molar refractivity (Wildman–Crippen MR) is 70.7 cm³/mol. The molecule has 19 heavy (non-hydrogen) atoms. The molecule has 1 heterocycles. The molecule has 1 N–H and O–H groups in total. The topological polar surface area (TPSA) is 64.3 Å². The highest BCUT2D eigenvalue weighted by atomic mass is 16.5. The maximum Gasteiger partial charge on any atom is 0.333 e. The summed E-state index contributed by atoms with van der Waals surface area (Å²) in [6.45, 7) is 3.45. The summed E-state index contributed by atoms with van der Waals surface area (Å²) < 4.78 is 6.29. The highest BCUT2D eigenvalue weighted by Crippen LogP contribution is 2.29. The molecule has 0 spiro atoms. The third kappa shape index (κ3) is 2.31. The van der Waals surface area contributed by atoms with Gasteiger partial charge in [-0.1, -0.05) is 18.2 Å². The normalized spacial score (nSPS) is 11.3. The van der Waals surface area contributed by atoms with Crippen molar-refractivity contribution in [1.82, 2.24) is 9.78 Å². The molecule has 2 rings (SSSR count). The number of nitrogens with zero attached hydrogens (tertiary/aromatic N) is 2. The van der Waals surface area contributed by atoms with Gasteiger partial charge in [-0.25, -0.2) is 4.79 Å². The first-order valence-electron chi connectivity index (χ1n) is 5.88. The van der Waals surface area contributed by atoms with E-state index in [0.717, 1.165) is 5.56 Å². The summed E-state index contributed by atoms with van der Waals surface area (Å²) in [5.41, 5.74) is 0.529. The molecule has 5 heteroatoms. The van der Waals surface area contributed by atoms with Crippen LogP contribution in [0, 0.1) is 0 Å². The molecular weight excluding hydrogens is 244 g/mol. The van der Waals surface area contributed by atoms with E-state index >= 15 is 0 Å². The second-order valence-electron chi connectivity index (χ2n) is 4.74. The third-order valence-corrected chi connectivity index (χ3v) is 3.06. The molecule has 1 aromatic carbocycles. The van der Waals surface area contributed by atoms with Crippen molar-refractivity contribution in [3.05, 3.63) is 36.7 Å². The molecule has 5 nitrogen and oxygen atoms in total. The highest BCUT2D eigenvalue weighted by molar-refractivity contribution is 5.78. The number of phenolic OH excluding ortho intramolecular Hbond substituents is 1. The minimum absolute atomic E-state index is 0.179. The number of benzene rings is 1. The molecule has 2 aromatic rings. The van der Waals surface area contributed by atoms with Crippen LogP contribution in [0.2, 0.25) is 0 Å². The van der Waals surface area contributed by atoms with Crippen molar-refractivity contribution in [2.45, 2.75) is 19.4 Å². The molecule has 0 saturated carbocycles. The second-order valence-corrected chi connectivity index (χ2v) is 4.74. The van der Waals surface area contributed by atoms with Crippen LogP contribution in [0.3, 0.4) is 0 Å². The third-order valence-electron chi connectivity index (χ3n) is 3.06. The van der Waals surface area contributed by atoms with Crippen LogP contribution >= 0.6 is 0 Å². The minimum atomic E-state index is -0.891. The standard InChI is InChI=1S/C14H16N2O3/c1-14(2,13(18)19-3)16-9-10(8-15-16)11-6-4-5-7-12(11)17/h4-9,17H,1-3H3. The van der Waals surface area contributed by atoms with E-state index in [2.05, 4.69) is 5.10 Å². The molecule has 0 radical (unpaired) electrons. The van der Waals surface area contributed by atoms with Gasteiger partial charge in [0.05, 0.1) is 13.3 Å². The number of rotatable bonds is 3. The zero-order chi connectivity index (χ0) is 14.0. The lowest BCUT2D eigenvalue weighted by atomic mass is 10.1. The first-order valence-corrected chi connectivity index (χ1v) is 5.88. The Labute approximate surface area is 111 Å². The van der Waals surface area contributed by atoms with E-state index < -0.39 is 5.54 Å². The van der Waals surface area contributed by atoms with Crippen LogP contribution in [0.5, 0.6) is 5.75 Å². The van der Waals surface area contributed by atoms with Crippen molar-refractivity contribution in [2.75, 3.05) is 7.11 Å². The Hall–Kier alpha value is -2.30. The van der Waals surface area contributed by atoms with Gasteiger partial charge in [-0.3, -0.25) is 4.68 Å². The largest absolute Gasteiger partial charge is 0.507 e. The van der Waals surface area contributed by atoms with Crippen molar-refractivity contribution < 1.29 is 14.6 Å². The molecule has 1 aromatic heterocycles. The van der Waals surface area contributed by atoms with E-state index in [-0.39, 0.29) is 11.7 Å². The summed E-state index contributed by atoms with van der Waals surface area (Å²) in [4.78, 5) is 11.7. The first-order chi connectivity index (χ1) is 8.96. The van der Waals surface area contributed by atoms with Crippen LogP contribution < -0.4 is 0 Å². The Balaban J connectivity index is 2.40. The fraction of sp³-hybridized carbons (Fsp3) is 0.286. The predicted octanol–water partition coefficient (Wildman–Crippen LogP) is 2.16. The lowest BCUT2D eigenvalue weighted by Crippen LogP contribution is -2.37. The quantitative estimate of drug-likeness (QED) is 0.859. The van der Waals surface area contributed by atoms with Gasteiger partial charge in [0.15, 0.2) is 5.54 Å². The molecule has 0 aliphatic carbocycles. The van der Waals surface area contributed by atoms with Crippen molar-refractivity contribution in [3.8, 4) is 16.9 Å². The van der Waals surface area contributed by atoms with Crippen LogP contribution in [0.25, 0.3) is 11.1 Å². The summed E-state index contributed by atoms with van der Waals surface area (Å²) in [6, 6.07) is 6.99. The van der Waals surface area contributed by atoms with Crippen LogP contribution in [-0.2, 0) is 15.1 Å². The molecule has 0 amide bonds. The monoisotopic (exact) mass is 260 g/mol. The summed E-state index contributed by atoms with van der Waals surface area (Å²) >= 11 is 0. The smallest absolute Gasteiger partial charge is 0.333 e. The van der Waals surface area contributed by atoms with Crippen molar-refractivity contribution in [3.63, 3.8) is 0 Å². The number of aromatic nitrogens is 2. The first kappa shape index (κ1) is 13.1. The van der Waals surface area contributed by atoms with E-state index in [1.54, 1.807) is 44.4 Å². The summed E-state index contributed by atoms with van der Waals surface area (Å²) in [5.74, 6) is -0.197. The molecule has 0 aliphatic rings. The van der Waals surface area contributed by atoms with E-state index in [1.165, 1.54) is 11.8 Å². The van der Waals surface area contributed by atoms with Gasteiger partial charge < -0.3 is 9.84 Å². The van der Waals surface area contributed by atoms with Crippen molar-refractivity contribution in [2.24, 2.45) is 0 Å². The molecule has 0 saturated heterocycles. The van der Waals surface area contributed by atoms with E-state index in [0.29, 0.717) is 5.56 Å². The molecule has 0 atom stereocenters. The van der Waals surface area contributed by atoms with Crippen LogP contribution in [0.4, 0.5) is 0 Å². The maximum absolute atomic E-state index is 11.7. The van der Waals surface area contributed by atoms with Gasteiger partial charge >= 0.3 is 5.97 Å². The molecule has 100 valence electrons. The Kier molecular flexibility index (Phi) is 3.29. The van der Waals surface area contributed by atoms with Crippen molar-refractivity contribution >= 4 is 5.97 Å². The van der Waals surface area contributed by atoms with Crippen LogP contribution in [0.15, 0.2) is 36.7 Å². The number of hydrogen-bond donors (Lipinski definition) is 1. The summed E-state index contributed by atoms with van der Waals surface area (Å²) in [7, 11) is 1.34. The Morgan fingerprint density at radius 3 is 2.68 bits per heavy atom. The molecule has 0 fully saturated rings. The van der Waals surface area contributed by atoms with Gasteiger partial charge in [0.1, 0.15) is 5.75 Å². The minimum Gasteiger partial charge on any atom is -0.507 e. The fourth-order valence-corrected chi connectivity index (χ4v) is 1.83. The van der Waals surface area contributed by atoms with Gasteiger partial charge in [0, 0.05) is 17.3 Å². The average Bonchev–Trinajstić information content (AvgIpc) is 2.88. The highest BCUT2D eigenvalue weighted by Gasteiger charge is 2.31. The number of hydrogen-bond acceptors (Lipinski definition) is 4. The lowest BCUT2D eigenvalue weighted by Gasteiger charge is -2.21. The number of methoxy groups -OCH3 is 1. The number of carbonyl (C=O) groups is 1. The molecule has 0 bridgehead atoms. The number of ether oxygens (including phenoxy) is 1. The number of carbonyl (C=O) groups excluding carboxylic acids is 1. The van der Waals surface area contributed by atoms with Gasteiger partial charge in [-0.05, 0) is 19.9 Å². The maximum atomic E-state index is 11.7. The van der Waals surface area contributed by atoms with E-state index in [1.807, 2.05) is 6.07 Å². The average molecular weight is 260 g/mol.